The maximum atomic E-state index is 11.8. The molecule has 1 aromatic rings. The van der Waals surface area contributed by atoms with Crippen molar-refractivity contribution in [1.82, 2.24) is 5.32 Å². The summed E-state index contributed by atoms with van der Waals surface area (Å²) >= 11 is 0. The van der Waals surface area contributed by atoms with E-state index in [1.165, 1.54) is 4.90 Å². The molecule has 0 radical (unpaired) electrons. The van der Waals surface area contributed by atoms with Crippen molar-refractivity contribution in [3.63, 3.8) is 0 Å². The molecule has 0 unspecified atom stereocenters. The Morgan fingerprint density at radius 3 is 3.05 bits per heavy atom. The van der Waals surface area contributed by atoms with Crippen molar-refractivity contribution in [1.29, 1.82) is 0 Å². The summed E-state index contributed by atoms with van der Waals surface area (Å²) in [5, 5.41) is 5.58. The van der Waals surface area contributed by atoms with Crippen molar-refractivity contribution >= 4 is 23.2 Å². The fraction of sp³-hybridized carbons (Fsp3) is 0.385. The van der Waals surface area contributed by atoms with Gasteiger partial charge < -0.3 is 20.3 Å². The third-order valence-electron chi connectivity index (χ3n) is 2.91. The Kier molecular flexibility index (Phi) is 4.01. The van der Waals surface area contributed by atoms with Crippen LogP contribution in [0, 0.1) is 0 Å². The molecule has 19 heavy (non-hydrogen) atoms. The minimum Gasteiger partial charge on any atom is -0.491 e. The Hall–Kier alpha value is -2.08. The first-order valence-corrected chi connectivity index (χ1v) is 6.09. The number of ether oxygens (including phenoxy) is 1. The van der Waals surface area contributed by atoms with E-state index in [0.29, 0.717) is 30.2 Å². The van der Waals surface area contributed by atoms with Crippen LogP contribution in [-0.2, 0) is 9.59 Å². The van der Waals surface area contributed by atoms with Crippen LogP contribution in [0.4, 0.5) is 11.4 Å². The van der Waals surface area contributed by atoms with Gasteiger partial charge in [0.1, 0.15) is 5.75 Å². The highest BCUT2D eigenvalue weighted by Gasteiger charge is 2.16. The first-order chi connectivity index (χ1) is 9.11. The van der Waals surface area contributed by atoms with Gasteiger partial charge in [0.2, 0.25) is 11.8 Å². The Labute approximate surface area is 111 Å². The average Bonchev–Trinajstić information content (AvgIpc) is 2.57. The topological polar surface area (TPSA) is 70.7 Å². The number of hydrogen-bond acceptors (Lipinski definition) is 4. The van der Waals surface area contributed by atoms with Gasteiger partial charge in [-0.3, -0.25) is 9.59 Å². The molecule has 2 rings (SSSR count). The first kappa shape index (κ1) is 13.4. The van der Waals surface area contributed by atoms with E-state index in [1.54, 1.807) is 32.3 Å². The minimum absolute atomic E-state index is 0.0525. The van der Waals surface area contributed by atoms with Crippen LogP contribution in [0.25, 0.3) is 0 Å². The van der Waals surface area contributed by atoms with Crippen LogP contribution >= 0.6 is 0 Å². The maximum Gasteiger partial charge on any atom is 0.240 e. The number of nitrogens with zero attached hydrogens (tertiary/aromatic N) is 1. The van der Waals surface area contributed by atoms with Crippen molar-refractivity contribution < 1.29 is 14.3 Å². The van der Waals surface area contributed by atoms with Gasteiger partial charge in [-0.25, -0.2) is 0 Å². The van der Waals surface area contributed by atoms with Gasteiger partial charge in [-0.1, -0.05) is 0 Å². The molecule has 0 bridgehead atoms. The van der Waals surface area contributed by atoms with Crippen LogP contribution < -0.4 is 20.3 Å². The van der Waals surface area contributed by atoms with Gasteiger partial charge in [0.15, 0.2) is 0 Å². The van der Waals surface area contributed by atoms with Gasteiger partial charge in [0, 0.05) is 12.7 Å². The second-order valence-corrected chi connectivity index (χ2v) is 4.31. The Morgan fingerprint density at radius 2 is 2.32 bits per heavy atom. The Bertz CT molecular complexity index is 502. The predicted molar refractivity (Wildman–Crippen MR) is 72.5 cm³/mol. The van der Waals surface area contributed by atoms with Crippen molar-refractivity contribution in [2.45, 2.75) is 6.42 Å². The molecule has 1 heterocycles. The highest BCUT2D eigenvalue weighted by Crippen LogP contribution is 2.31. The second kappa shape index (κ2) is 5.71. The zero-order valence-corrected chi connectivity index (χ0v) is 11.0. The summed E-state index contributed by atoms with van der Waals surface area (Å²) in [7, 11) is 3.41. The van der Waals surface area contributed by atoms with Crippen LogP contribution in [0.2, 0.25) is 0 Å². The lowest BCUT2D eigenvalue weighted by molar-refractivity contribution is -0.117. The molecule has 0 aromatic heterocycles. The van der Waals surface area contributed by atoms with E-state index in [0.717, 1.165) is 0 Å². The fourth-order valence-corrected chi connectivity index (χ4v) is 1.83. The van der Waals surface area contributed by atoms with E-state index >= 15 is 0 Å². The summed E-state index contributed by atoms with van der Waals surface area (Å²) in [6, 6.07) is 5.30. The summed E-state index contributed by atoms with van der Waals surface area (Å²) < 4.78 is 5.46. The lowest BCUT2D eigenvalue weighted by atomic mass is 10.2. The molecule has 0 spiro atoms. The molecular formula is C13H17N3O3. The zero-order valence-electron chi connectivity index (χ0n) is 11.0. The van der Waals surface area contributed by atoms with Crippen LogP contribution in [0.1, 0.15) is 6.42 Å². The van der Waals surface area contributed by atoms with Gasteiger partial charge in [-0.15, -0.1) is 0 Å². The Balaban J connectivity index is 2.24. The standard InChI is InChI=1S/C13H17N3O3/c1-14-8-13(18)16(2)9-3-4-11-10(7-9)15-12(17)5-6-19-11/h3-4,7,14H,5-6,8H2,1-2H3,(H,15,17). The highest BCUT2D eigenvalue weighted by atomic mass is 16.5. The van der Waals surface area contributed by atoms with Gasteiger partial charge in [0.25, 0.3) is 0 Å². The van der Waals surface area contributed by atoms with Gasteiger partial charge >= 0.3 is 0 Å². The molecule has 0 atom stereocenters. The van der Waals surface area contributed by atoms with Crippen LogP contribution in [0.3, 0.4) is 0 Å². The number of fused-ring (bicyclic) bond motifs is 1. The number of carbonyl (C=O) groups excluding carboxylic acids is 2. The smallest absolute Gasteiger partial charge is 0.240 e. The van der Waals surface area contributed by atoms with Crippen molar-refractivity contribution in [2.24, 2.45) is 0 Å². The third-order valence-corrected chi connectivity index (χ3v) is 2.91. The summed E-state index contributed by atoms with van der Waals surface area (Å²) in [6.45, 7) is 0.628. The van der Waals surface area contributed by atoms with Gasteiger partial charge in [-0.05, 0) is 25.2 Å². The largest absolute Gasteiger partial charge is 0.491 e. The van der Waals surface area contributed by atoms with Crippen LogP contribution in [-0.4, -0.2) is 39.1 Å². The minimum atomic E-state index is -0.0832. The van der Waals surface area contributed by atoms with Crippen molar-refractivity contribution in [3.8, 4) is 5.75 Å². The Morgan fingerprint density at radius 1 is 1.53 bits per heavy atom. The monoisotopic (exact) mass is 263 g/mol. The SMILES string of the molecule is CNCC(=O)N(C)c1ccc2c(c1)NC(=O)CCO2. The molecule has 0 saturated carbocycles. The summed E-state index contributed by atoms with van der Waals surface area (Å²) in [4.78, 5) is 24.8. The molecule has 1 aromatic carbocycles. The van der Waals surface area contributed by atoms with E-state index in [4.69, 9.17) is 4.74 Å². The van der Waals surface area contributed by atoms with E-state index in [1.807, 2.05) is 0 Å². The molecule has 0 fully saturated rings. The summed E-state index contributed by atoms with van der Waals surface area (Å²) in [6.07, 6.45) is 0.332. The molecule has 6 heteroatoms. The van der Waals surface area contributed by atoms with E-state index in [9.17, 15) is 9.59 Å². The van der Waals surface area contributed by atoms with E-state index < -0.39 is 0 Å². The summed E-state index contributed by atoms with van der Waals surface area (Å²) in [5.41, 5.74) is 1.31. The molecule has 102 valence electrons. The maximum absolute atomic E-state index is 11.8. The zero-order chi connectivity index (χ0) is 13.8. The number of benzene rings is 1. The van der Waals surface area contributed by atoms with Gasteiger partial charge in [-0.2, -0.15) is 0 Å². The van der Waals surface area contributed by atoms with E-state index in [-0.39, 0.29) is 18.4 Å². The first-order valence-electron chi connectivity index (χ1n) is 6.09. The number of rotatable bonds is 3. The van der Waals surface area contributed by atoms with Crippen molar-refractivity contribution in [3.05, 3.63) is 18.2 Å². The molecule has 6 nitrogen and oxygen atoms in total. The number of carbonyl (C=O) groups is 2. The highest BCUT2D eigenvalue weighted by molar-refractivity contribution is 5.97. The number of anilines is 2. The number of likely N-dealkylation sites (N-methyl/N-ethyl adjacent to an activating group) is 2. The molecule has 0 saturated heterocycles. The molecule has 2 N–H and O–H groups in total. The molecule has 2 amide bonds. The molecule has 0 aliphatic carbocycles. The summed E-state index contributed by atoms with van der Waals surface area (Å²) in [5.74, 6) is 0.493. The van der Waals surface area contributed by atoms with Crippen LogP contribution in [0.15, 0.2) is 18.2 Å². The number of hydrogen-bond donors (Lipinski definition) is 2. The van der Waals surface area contributed by atoms with Crippen molar-refractivity contribution in [2.75, 3.05) is 37.5 Å². The predicted octanol–water partition coefficient (Wildman–Crippen LogP) is 0.590. The van der Waals surface area contributed by atoms with Gasteiger partial charge in [0.05, 0.1) is 25.3 Å². The molecule has 1 aliphatic heterocycles. The number of amides is 2. The normalized spacial score (nSPS) is 13.9. The lowest BCUT2D eigenvalue weighted by Gasteiger charge is -2.19. The fourth-order valence-electron chi connectivity index (χ4n) is 1.83. The molecular weight excluding hydrogens is 246 g/mol. The van der Waals surface area contributed by atoms with E-state index in [2.05, 4.69) is 10.6 Å². The lowest BCUT2D eigenvalue weighted by Crippen LogP contribution is -2.34. The van der Waals surface area contributed by atoms with Crippen LogP contribution in [0.5, 0.6) is 5.75 Å². The third kappa shape index (κ3) is 3.03. The second-order valence-electron chi connectivity index (χ2n) is 4.31. The average molecular weight is 263 g/mol. The quantitative estimate of drug-likeness (QED) is 0.837. The number of nitrogens with one attached hydrogen (secondary N) is 2. The molecule has 1 aliphatic rings.